The molecule has 0 bridgehead atoms. The molecule has 1 fully saturated rings. The number of carboxylic acid groups (broad SMARTS) is 1. The van der Waals surface area contributed by atoms with Crippen molar-refractivity contribution in [3.8, 4) is 16.3 Å². The summed E-state index contributed by atoms with van der Waals surface area (Å²) >= 11 is 1.60. The third-order valence-electron chi connectivity index (χ3n) is 3.88. The van der Waals surface area contributed by atoms with Gasteiger partial charge in [-0.05, 0) is 25.1 Å². The molecule has 1 aliphatic rings. The van der Waals surface area contributed by atoms with Crippen LogP contribution in [0.15, 0.2) is 29.6 Å². The van der Waals surface area contributed by atoms with Crippen LogP contribution in [0, 0.1) is 5.92 Å². The summed E-state index contributed by atoms with van der Waals surface area (Å²) in [4.78, 5) is 17.8. The Bertz CT molecular complexity index is 671. The molecule has 1 aromatic heterocycles. The van der Waals surface area contributed by atoms with E-state index < -0.39 is 5.97 Å². The zero-order chi connectivity index (χ0) is 15.5. The van der Waals surface area contributed by atoms with Gasteiger partial charge in [0.05, 0.1) is 18.7 Å². The van der Waals surface area contributed by atoms with Crippen LogP contribution in [0.1, 0.15) is 12.1 Å². The minimum absolute atomic E-state index is 0.239. The number of methoxy groups -OCH3 is 1. The van der Waals surface area contributed by atoms with Crippen molar-refractivity contribution in [2.75, 3.05) is 20.2 Å². The van der Waals surface area contributed by atoms with Crippen LogP contribution in [0.3, 0.4) is 0 Å². The van der Waals surface area contributed by atoms with Gasteiger partial charge in [0, 0.05) is 24.0 Å². The molecular weight excluding hydrogens is 300 g/mol. The number of hydrogen-bond donors (Lipinski definition) is 1. The first-order valence-corrected chi connectivity index (χ1v) is 8.07. The van der Waals surface area contributed by atoms with Crippen LogP contribution in [0.2, 0.25) is 0 Å². The lowest BCUT2D eigenvalue weighted by Gasteiger charge is -2.12. The first kappa shape index (κ1) is 15.0. The van der Waals surface area contributed by atoms with E-state index in [4.69, 9.17) is 9.84 Å². The highest BCUT2D eigenvalue weighted by atomic mass is 32.1. The molecule has 1 N–H and O–H groups in total. The van der Waals surface area contributed by atoms with Gasteiger partial charge in [0.1, 0.15) is 10.8 Å². The molecule has 6 heteroatoms. The molecule has 0 aliphatic carbocycles. The van der Waals surface area contributed by atoms with Crippen LogP contribution in [-0.4, -0.2) is 41.2 Å². The zero-order valence-corrected chi connectivity index (χ0v) is 13.2. The van der Waals surface area contributed by atoms with Gasteiger partial charge in [-0.1, -0.05) is 12.1 Å². The summed E-state index contributed by atoms with van der Waals surface area (Å²) in [5.74, 6) is -0.118. The number of aliphatic carboxylic acids is 1. The molecule has 3 rings (SSSR count). The summed E-state index contributed by atoms with van der Waals surface area (Å²) in [6.45, 7) is 2.15. The molecule has 0 radical (unpaired) electrons. The van der Waals surface area contributed by atoms with E-state index in [0.717, 1.165) is 35.0 Å². The van der Waals surface area contributed by atoms with Crippen molar-refractivity contribution in [2.45, 2.75) is 13.0 Å². The van der Waals surface area contributed by atoms with Gasteiger partial charge in [0.2, 0.25) is 0 Å². The molecule has 1 unspecified atom stereocenters. The fourth-order valence-corrected chi connectivity index (χ4v) is 3.48. The summed E-state index contributed by atoms with van der Waals surface area (Å²) in [6.07, 6.45) is 0.724. The van der Waals surface area contributed by atoms with Crippen LogP contribution in [0.25, 0.3) is 10.6 Å². The second-order valence-electron chi connectivity index (χ2n) is 5.43. The van der Waals surface area contributed by atoms with Crippen molar-refractivity contribution < 1.29 is 14.6 Å². The third-order valence-corrected chi connectivity index (χ3v) is 4.82. The third kappa shape index (κ3) is 3.28. The molecule has 5 nitrogen and oxygen atoms in total. The standard InChI is InChI=1S/C16H18N2O3S/c1-21-14-4-2-3-11(7-14)15-17-13(10-22-15)9-18-6-5-12(8-18)16(19)20/h2-4,7,10,12H,5-6,8-9H2,1H3,(H,19,20). The maximum Gasteiger partial charge on any atom is 0.307 e. The molecule has 1 aromatic carbocycles. The van der Waals surface area contributed by atoms with Crippen LogP contribution >= 0.6 is 11.3 Å². The Kier molecular flexibility index (Phi) is 4.40. The van der Waals surface area contributed by atoms with E-state index in [2.05, 4.69) is 9.88 Å². The molecular formula is C16H18N2O3S. The first-order valence-electron chi connectivity index (χ1n) is 7.19. The van der Waals surface area contributed by atoms with E-state index in [1.165, 1.54) is 0 Å². The maximum atomic E-state index is 11.0. The Morgan fingerprint density at radius 1 is 1.55 bits per heavy atom. The largest absolute Gasteiger partial charge is 0.497 e. The number of ether oxygens (including phenoxy) is 1. The fraction of sp³-hybridized carbons (Fsp3) is 0.375. The summed E-state index contributed by atoms with van der Waals surface area (Å²) in [6, 6.07) is 7.85. The summed E-state index contributed by atoms with van der Waals surface area (Å²) < 4.78 is 5.24. The predicted octanol–water partition coefficient (Wildman–Crippen LogP) is 2.73. The van der Waals surface area contributed by atoms with Gasteiger partial charge in [0.15, 0.2) is 0 Å². The number of benzene rings is 1. The van der Waals surface area contributed by atoms with E-state index >= 15 is 0 Å². The quantitative estimate of drug-likeness (QED) is 0.918. The Morgan fingerprint density at radius 3 is 3.14 bits per heavy atom. The number of thiazole rings is 1. The van der Waals surface area contributed by atoms with E-state index in [1.807, 2.05) is 29.6 Å². The summed E-state index contributed by atoms with van der Waals surface area (Å²) in [5.41, 5.74) is 2.04. The van der Waals surface area contributed by atoms with E-state index in [9.17, 15) is 4.79 Å². The average Bonchev–Trinajstić information content (AvgIpc) is 3.17. The van der Waals surface area contributed by atoms with Crippen LogP contribution in [-0.2, 0) is 11.3 Å². The molecule has 22 heavy (non-hydrogen) atoms. The highest BCUT2D eigenvalue weighted by molar-refractivity contribution is 7.13. The van der Waals surface area contributed by atoms with Gasteiger partial charge >= 0.3 is 5.97 Å². The minimum atomic E-state index is -0.696. The van der Waals surface area contributed by atoms with E-state index in [0.29, 0.717) is 13.1 Å². The normalized spacial score (nSPS) is 18.5. The lowest BCUT2D eigenvalue weighted by molar-refractivity contribution is -0.141. The van der Waals surface area contributed by atoms with E-state index in [-0.39, 0.29) is 5.92 Å². The van der Waals surface area contributed by atoms with Crippen molar-refractivity contribution in [3.05, 3.63) is 35.3 Å². The highest BCUT2D eigenvalue weighted by Crippen LogP contribution is 2.28. The molecule has 1 saturated heterocycles. The van der Waals surface area contributed by atoms with Gasteiger partial charge < -0.3 is 9.84 Å². The number of rotatable bonds is 5. The Hall–Kier alpha value is -1.92. The lowest BCUT2D eigenvalue weighted by atomic mass is 10.1. The summed E-state index contributed by atoms with van der Waals surface area (Å²) in [5, 5.41) is 12.1. The second-order valence-corrected chi connectivity index (χ2v) is 6.29. The maximum absolute atomic E-state index is 11.0. The van der Waals surface area contributed by atoms with Gasteiger partial charge in [-0.2, -0.15) is 0 Å². The topological polar surface area (TPSA) is 62.7 Å². The molecule has 2 heterocycles. The molecule has 2 aromatic rings. The Balaban J connectivity index is 1.68. The molecule has 1 atom stereocenters. The number of carboxylic acids is 1. The highest BCUT2D eigenvalue weighted by Gasteiger charge is 2.28. The number of nitrogens with zero attached hydrogens (tertiary/aromatic N) is 2. The lowest BCUT2D eigenvalue weighted by Crippen LogP contribution is -2.22. The number of hydrogen-bond acceptors (Lipinski definition) is 5. The van der Waals surface area contributed by atoms with Crippen LogP contribution < -0.4 is 4.74 Å². The van der Waals surface area contributed by atoms with Gasteiger partial charge in [-0.25, -0.2) is 4.98 Å². The summed E-state index contributed by atoms with van der Waals surface area (Å²) in [7, 11) is 1.65. The molecule has 0 spiro atoms. The first-order chi connectivity index (χ1) is 10.7. The minimum Gasteiger partial charge on any atom is -0.497 e. The van der Waals surface area contributed by atoms with E-state index in [1.54, 1.807) is 18.4 Å². The van der Waals surface area contributed by atoms with Crippen molar-refractivity contribution in [1.82, 2.24) is 9.88 Å². The van der Waals surface area contributed by atoms with Crippen LogP contribution in [0.5, 0.6) is 5.75 Å². The van der Waals surface area contributed by atoms with Crippen LogP contribution in [0.4, 0.5) is 0 Å². The fourth-order valence-electron chi connectivity index (χ4n) is 2.68. The average molecular weight is 318 g/mol. The monoisotopic (exact) mass is 318 g/mol. The van der Waals surface area contributed by atoms with Gasteiger partial charge in [0.25, 0.3) is 0 Å². The SMILES string of the molecule is COc1cccc(-c2nc(CN3CCC(C(=O)O)C3)cs2)c1. The number of carbonyl (C=O) groups is 1. The van der Waals surface area contributed by atoms with Gasteiger partial charge in [-0.15, -0.1) is 11.3 Å². The van der Waals surface area contributed by atoms with Crippen molar-refractivity contribution in [1.29, 1.82) is 0 Å². The zero-order valence-electron chi connectivity index (χ0n) is 12.4. The Labute approximate surface area is 133 Å². The van der Waals surface area contributed by atoms with Gasteiger partial charge in [-0.3, -0.25) is 9.69 Å². The van der Waals surface area contributed by atoms with Crippen molar-refractivity contribution >= 4 is 17.3 Å². The number of aromatic nitrogens is 1. The predicted molar refractivity (Wildman–Crippen MR) is 85.1 cm³/mol. The molecule has 116 valence electrons. The molecule has 0 saturated carbocycles. The second kappa shape index (κ2) is 6.46. The smallest absolute Gasteiger partial charge is 0.307 e. The Morgan fingerprint density at radius 2 is 2.41 bits per heavy atom. The number of likely N-dealkylation sites (tertiary alicyclic amines) is 1. The van der Waals surface area contributed by atoms with Crippen molar-refractivity contribution in [3.63, 3.8) is 0 Å². The molecule has 1 aliphatic heterocycles. The molecule has 0 amide bonds. The van der Waals surface area contributed by atoms with Crippen molar-refractivity contribution in [2.24, 2.45) is 5.92 Å².